The Balaban J connectivity index is 2.00. The van der Waals surface area contributed by atoms with Crippen LogP contribution in [-0.2, 0) is 29.1 Å². The average molecular weight is 328 g/mol. The molecular weight excluding hydrogens is 304 g/mol. The standard InChI is InChI=1S/C18H24N4O2/c1-5-14-9-7-8-10-16(14)20-18(24)17(23)19-11-15-12(3)21-22(6-2)13(15)4/h7-10H,5-6,11H2,1-4H3,(H,19,23)(H,20,24). The van der Waals surface area contributed by atoms with Crippen LogP contribution in [0.4, 0.5) is 5.69 Å². The molecule has 0 aliphatic rings. The van der Waals surface area contributed by atoms with Crippen LogP contribution in [-0.4, -0.2) is 21.6 Å². The zero-order valence-electron chi connectivity index (χ0n) is 14.6. The molecule has 24 heavy (non-hydrogen) atoms. The molecule has 0 atom stereocenters. The lowest BCUT2D eigenvalue weighted by molar-refractivity contribution is -0.136. The first-order valence-corrected chi connectivity index (χ1v) is 8.17. The zero-order chi connectivity index (χ0) is 17.7. The Bertz CT molecular complexity index is 749. The van der Waals surface area contributed by atoms with Crippen LogP contribution in [0.25, 0.3) is 0 Å². The third-order valence-corrected chi connectivity index (χ3v) is 4.11. The summed E-state index contributed by atoms with van der Waals surface area (Å²) in [4.78, 5) is 24.2. The highest BCUT2D eigenvalue weighted by Gasteiger charge is 2.17. The lowest BCUT2D eigenvalue weighted by atomic mass is 10.1. The number of carbonyl (C=O) groups is 2. The van der Waals surface area contributed by atoms with Crippen LogP contribution < -0.4 is 10.6 Å². The van der Waals surface area contributed by atoms with E-state index in [0.717, 1.165) is 35.5 Å². The van der Waals surface area contributed by atoms with Gasteiger partial charge in [0.2, 0.25) is 0 Å². The van der Waals surface area contributed by atoms with Gasteiger partial charge >= 0.3 is 11.8 Å². The second-order valence-corrected chi connectivity index (χ2v) is 5.61. The van der Waals surface area contributed by atoms with Crippen molar-refractivity contribution in [3.05, 3.63) is 46.8 Å². The molecule has 1 heterocycles. The molecule has 0 spiro atoms. The van der Waals surface area contributed by atoms with E-state index in [9.17, 15) is 9.59 Å². The number of hydrogen-bond acceptors (Lipinski definition) is 3. The van der Waals surface area contributed by atoms with Crippen molar-refractivity contribution in [2.45, 2.75) is 47.2 Å². The number of nitrogens with one attached hydrogen (secondary N) is 2. The Morgan fingerprint density at radius 2 is 1.83 bits per heavy atom. The van der Waals surface area contributed by atoms with Gasteiger partial charge in [-0.15, -0.1) is 0 Å². The molecule has 0 saturated heterocycles. The molecule has 6 heteroatoms. The van der Waals surface area contributed by atoms with Crippen LogP contribution in [0.2, 0.25) is 0 Å². The number of amides is 2. The minimum atomic E-state index is -0.658. The van der Waals surface area contributed by atoms with Gasteiger partial charge in [-0.1, -0.05) is 25.1 Å². The molecule has 0 aliphatic carbocycles. The van der Waals surface area contributed by atoms with Crippen LogP contribution in [0.3, 0.4) is 0 Å². The van der Waals surface area contributed by atoms with Crippen molar-refractivity contribution in [3.8, 4) is 0 Å². The molecule has 0 unspecified atom stereocenters. The van der Waals surface area contributed by atoms with Crippen LogP contribution >= 0.6 is 0 Å². The second-order valence-electron chi connectivity index (χ2n) is 5.61. The number of rotatable bonds is 5. The summed E-state index contributed by atoms with van der Waals surface area (Å²) in [6.07, 6.45) is 0.784. The fourth-order valence-corrected chi connectivity index (χ4v) is 2.68. The molecule has 1 aromatic heterocycles. The van der Waals surface area contributed by atoms with E-state index >= 15 is 0 Å². The zero-order valence-corrected chi connectivity index (χ0v) is 14.6. The summed E-state index contributed by atoms with van der Waals surface area (Å²) in [6, 6.07) is 7.47. The van der Waals surface area contributed by atoms with Gasteiger partial charge in [0.1, 0.15) is 0 Å². The van der Waals surface area contributed by atoms with Gasteiger partial charge in [-0.05, 0) is 38.8 Å². The van der Waals surface area contributed by atoms with Gasteiger partial charge < -0.3 is 10.6 Å². The van der Waals surface area contributed by atoms with Crippen LogP contribution in [0.5, 0.6) is 0 Å². The molecule has 128 valence electrons. The molecule has 0 aliphatic heterocycles. The highest BCUT2D eigenvalue weighted by Crippen LogP contribution is 2.15. The van der Waals surface area contributed by atoms with Crippen molar-refractivity contribution < 1.29 is 9.59 Å². The van der Waals surface area contributed by atoms with Crippen molar-refractivity contribution >= 4 is 17.5 Å². The fourth-order valence-electron chi connectivity index (χ4n) is 2.68. The van der Waals surface area contributed by atoms with Crippen molar-refractivity contribution in [2.75, 3.05) is 5.32 Å². The maximum absolute atomic E-state index is 12.1. The third kappa shape index (κ3) is 3.82. The summed E-state index contributed by atoms with van der Waals surface area (Å²) in [5.41, 5.74) is 4.49. The Morgan fingerprint density at radius 1 is 1.12 bits per heavy atom. The molecule has 0 fully saturated rings. The monoisotopic (exact) mass is 328 g/mol. The Kier molecular flexibility index (Phi) is 5.73. The summed E-state index contributed by atoms with van der Waals surface area (Å²) < 4.78 is 1.88. The number of carbonyl (C=O) groups excluding carboxylic acids is 2. The number of anilines is 1. The maximum atomic E-state index is 12.1. The number of hydrogen-bond donors (Lipinski definition) is 2. The SMILES string of the molecule is CCc1ccccc1NC(=O)C(=O)NCc1c(C)nn(CC)c1C. The predicted molar refractivity (Wildman–Crippen MR) is 93.7 cm³/mol. The van der Waals surface area contributed by atoms with Gasteiger partial charge in [0.25, 0.3) is 0 Å². The number of aromatic nitrogens is 2. The maximum Gasteiger partial charge on any atom is 0.313 e. The quantitative estimate of drug-likeness (QED) is 0.827. The predicted octanol–water partition coefficient (Wildman–Crippen LogP) is 2.34. The summed E-state index contributed by atoms with van der Waals surface area (Å²) in [6.45, 7) is 8.94. The minimum absolute atomic E-state index is 0.291. The van der Waals surface area contributed by atoms with E-state index < -0.39 is 11.8 Å². The molecule has 0 saturated carbocycles. The van der Waals surface area contributed by atoms with E-state index in [4.69, 9.17) is 0 Å². The highest BCUT2D eigenvalue weighted by molar-refractivity contribution is 6.39. The van der Waals surface area contributed by atoms with Crippen LogP contribution in [0.15, 0.2) is 24.3 Å². The van der Waals surface area contributed by atoms with Crippen LogP contribution in [0.1, 0.15) is 36.4 Å². The highest BCUT2D eigenvalue weighted by atomic mass is 16.2. The van der Waals surface area contributed by atoms with E-state index in [1.807, 2.05) is 50.6 Å². The molecule has 2 amide bonds. The second kappa shape index (κ2) is 7.77. The first-order chi connectivity index (χ1) is 11.5. The van der Waals surface area contributed by atoms with Crippen molar-refractivity contribution in [1.82, 2.24) is 15.1 Å². The van der Waals surface area contributed by atoms with Gasteiger partial charge in [0.15, 0.2) is 0 Å². The summed E-state index contributed by atoms with van der Waals surface area (Å²) in [7, 11) is 0. The Labute approximate surface area is 142 Å². The van der Waals surface area contributed by atoms with Gasteiger partial charge in [0.05, 0.1) is 5.69 Å². The van der Waals surface area contributed by atoms with E-state index in [1.165, 1.54) is 0 Å². The van der Waals surface area contributed by atoms with E-state index in [-0.39, 0.29) is 0 Å². The largest absolute Gasteiger partial charge is 0.344 e. The minimum Gasteiger partial charge on any atom is -0.344 e. The summed E-state index contributed by atoms with van der Waals surface area (Å²) >= 11 is 0. The fraction of sp³-hybridized carbons (Fsp3) is 0.389. The van der Waals surface area contributed by atoms with Crippen molar-refractivity contribution in [1.29, 1.82) is 0 Å². The smallest absolute Gasteiger partial charge is 0.313 e. The molecule has 0 bridgehead atoms. The molecule has 6 nitrogen and oxygen atoms in total. The van der Waals surface area contributed by atoms with Crippen LogP contribution in [0, 0.1) is 13.8 Å². The molecule has 1 aromatic carbocycles. The number of benzene rings is 1. The van der Waals surface area contributed by atoms with Gasteiger partial charge in [-0.25, -0.2) is 0 Å². The average Bonchev–Trinajstić information content (AvgIpc) is 2.86. The molecule has 2 rings (SSSR count). The molecule has 2 aromatic rings. The van der Waals surface area contributed by atoms with Gasteiger partial charge in [0, 0.05) is 30.0 Å². The number of para-hydroxylation sites is 1. The number of nitrogens with zero attached hydrogens (tertiary/aromatic N) is 2. The van der Waals surface area contributed by atoms with E-state index in [1.54, 1.807) is 6.07 Å². The summed E-state index contributed by atoms with van der Waals surface area (Å²) in [5.74, 6) is -1.31. The lowest BCUT2D eigenvalue weighted by Gasteiger charge is -2.10. The number of aryl methyl sites for hydroxylation is 3. The lowest BCUT2D eigenvalue weighted by Crippen LogP contribution is -2.35. The molecule has 0 radical (unpaired) electrons. The Hall–Kier alpha value is -2.63. The van der Waals surface area contributed by atoms with Crippen molar-refractivity contribution in [3.63, 3.8) is 0 Å². The van der Waals surface area contributed by atoms with E-state index in [2.05, 4.69) is 15.7 Å². The first-order valence-electron chi connectivity index (χ1n) is 8.17. The topological polar surface area (TPSA) is 76.0 Å². The van der Waals surface area contributed by atoms with Crippen molar-refractivity contribution in [2.24, 2.45) is 0 Å². The van der Waals surface area contributed by atoms with E-state index in [0.29, 0.717) is 12.2 Å². The first kappa shape index (κ1) is 17.7. The molecular formula is C18H24N4O2. The van der Waals surface area contributed by atoms with Gasteiger partial charge in [-0.2, -0.15) is 5.10 Å². The summed E-state index contributed by atoms with van der Waals surface area (Å²) in [5, 5.41) is 9.75. The Morgan fingerprint density at radius 3 is 2.46 bits per heavy atom. The molecule has 2 N–H and O–H groups in total. The third-order valence-electron chi connectivity index (χ3n) is 4.11. The normalized spacial score (nSPS) is 10.5. The van der Waals surface area contributed by atoms with Gasteiger partial charge in [-0.3, -0.25) is 14.3 Å².